The first-order valence-corrected chi connectivity index (χ1v) is 4.94. The molecule has 3 nitrogen and oxygen atoms in total. The zero-order chi connectivity index (χ0) is 12.5. The highest BCUT2D eigenvalue weighted by atomic mass is 19.4. The zero-order valence-electron chi connectivity index (χ0n) is 9.11. The van der Waals surface area contributed by atoms with Crippen molar-refractivity contribution in [2.75, 3.05) is 18.7 Å². The van der Waals surface area contributed by atoms with Crippen LogP contribution in [0.3, 0.4) is 0 Å². The molecule has 1 aromatic rings. The van der Waals surface area contributed by atoms with E-state index < -0.39 is 6.30 Å². The maximum absolute atomic E-state index is 12.4. The van der Waals surface area contributed by atoms with Crippen molar-refractivity contribution in [3.63, 3.8) is 0 Å². The Balaban J connectivity index is 2.19. The number of benzene rings is 1. The first kappa shape index (κ1) is 11.6. The lowest BCUT2D eigenvalue weighted by atomic mass is 10.3. The summed E-state index contributed by atoms with van der Waals surface area (Å²) in [6.07, 6.45) is -1.97. The molecule has 1 heterocycles. The number of hydrogen-bond acceptors (Lipinski definition) is 3. The number of anilines is 1. The topological polar surface area (TPSA) is 15.7 Å². The molecular formula is C11H11F3N2O. The Morgan fingerprint density at radius 1 is 1.18 bits per heavy atom. The molecular weight excluding hydrogens is 233 g/mol. The fourth-order valence-electron chi connectivity index (χ4n) is 1.61. The molecule has 0 N–H and O–H groups in total. The van der Waals surface area contributed by atoms with E-state index in [1.54, 1.807) is 24.3 Å². The quantitative estimate of drug-likeness (QED) is 0.744. The van der Waals surface area contributed by atoms with E-state index in [4.69, 9.17) is 4.74 Å². The highest BCUT2D eigenvalue weighted by molar-refractivity contribution is 5.60. The van der Waals surface area contributed by atoms with Crippen LogP contribution < -0.4 is 9.64 Å². The van der Waals surface area contributed by atoms with Crippen LogP contribution in [-0.4, -0.2) is 25.0 Å². The molecule has 1 aliphatic heterocycles. The molecule has 0 amide bonds. The maximum atomic E-state index is 12.4. The summed E-state index contributed by atoms with van der Waals surface area (Å²) in [6.45, 7) is -0.260. The molecule has 17 heavy (non-hydrogen) atoms. The van der Waals surface area contributed by atoms with Crippen molar-refractivity contribution < 1.29 is 17.9 Å². The van der Waals surface area contributed by atoms with Crippen molar-refractivity contribution in [2.45, 2.75) is 6.30 Å². The fourth-order valence-corrected chi connectivity index (χ4v) is 1.61. The van der Waals surface area contributed by atoms with E-state index in [0.29, 0.717) is 16.3 Å². The van der Waals surface area contributed by atoms with E-state index in [0.717, 1.165) is 6.20 Å². The summed E-state index contributed by atoms with van der Waals surface area (Å²) in [4.78, 5) is 1.78. The molecule has 0 saturated heterocycles. The van der Waals surface area contributed by atoms with Crippen LogP contribution in [0.5, 0.6) is 5.75 Å². The Morgan fingerprint density at radius 2 is 1.88 bits per heavy atom. The van der Waals surface area contributed by atoms with Gasteiger partial charge in [-0.3, -0.25) is 4.90 Å². The third kappa shape index (κ3) is 2.30. The lowest BCUT2D eigenvalue weighted by Gasteiger charge is -2.24. The van der Waals surface area contributed by atoms with Gasteiger partial charge >= 0.3 is 6.30 Å². The van der Waals surface area contributed by atoms with Crippen molar-refractivity contribution in [1.82, 2.24) is 4.90 Å². The number of nitrogens with zero attached hydrogens (tertiary/aromatic N) is 2. The van der Waals surface area contributed by atoms with Gasteiger partial charge in [0.05, 0.1) is 12.8 Å². The van der Waals surface area contributed by atoms with Gasteiger partial charge in [0.1, 0.15) is 12.4 Å². The summed E-state index contributed by atoms with van der Waals surface area (Å²) in [5.74, 6) is 0.543. The molecule has 1 aliphatic rings. The van der Waals surface area contributed by atoms with E-state index >= 15 is 0 Å². The second-order valence-corrected chi connectivity index (χ2v) is 3.52. The fraction of sp³-hybridized carbons (Fsp3) is 0.273. The van der Waals surface area contributed by atoms with Crippen molar-refractivity contribution >= 4 is 5.69 Å². The van der Waals surface area contributed by atoms with Gasteiger partial charge < -0.3 is 9.64 Å². The van der Waals surface area contributed by atoms with Crippen LogP contribution in [0.15, 0.2) is 36.7 Å². The molecule has 2 rings (SSSR count). The van der Waals surface area contributed by atoms with Gasteiger partial charge in [-0.1, -0.05) is 12.1 Å². The normalized spacial score (nSPS) is 15.5. The van der Waals surface area contributed by atoms with Gasteiger partial charge in [0.15, 0.2) is 0 Å². The minimum absolute atomic E-state index is 0.260. The number of hydrogen-bond donors (Lipinski definition) is 0. The predicted octanol–water partition coefficient (Wildman–Crippen LogP) is 2.77. The van der Waals surface area contributed by atoms with E-state index in [1.165, 1.54) is 18.2 Å². The van der Waals surface area contributed by atoms with Crippen LogP contribution in [0, 0.1) is 0 Å². The predicted molar refractivity (Wildman–Crippen MR) is 57.4 cm³/mol. The largest absolute Gasteiger partial charge is 0.495 e. The van der Waals surface area contributed by atoms with Gasteiger partial charge in [0.2, 0.25) is 0 Å². The second-order valence-electron chi connectivity index (χ2n) is 3.52. The maximum Gasteiger partial charge on any atom is 0.485 e. The highest BCUT2D eigenvalue weighted by Gasteiger charge is 2.38. The van der Waals surface area contributed by atoms with Crippen LogP contribution >= 0.6 is 0 Å². The summed E-state index contributed by atoms with van der Waals surface area (Å²) in [5, 5.41) is 0. The van der Waals surface area contributed by atoms with E-state index in [1.807, 2.05) is 0 Å². The average molecular weight is 244 g/mol. The van der Waals surface area contributed by atoms with Crippen molar-refractivity contribution in [1.29, 1.82) is 0 Å². The zero-order valence-corrected chi connectivity index (χ0v) is 9.11. The minimum atomic E-state index is -4.35. The Kier molecular flexibility index (Phi) is 2.87. The smallest absolute Gasteiger partial charge is 0.485 e. The summed E-state index contributed by atoms with van der Waals surface area (Å²) < 4.78 is 42.5. The molecule has 0 fully saturated rings. The lowest BCUT2D eigenvalue weighted by Crippen LogP contribution is -2.36. The number of alkyl halides is 3. The molecule has 0 bridgehead atoms. The van der Waals surface area contributed by atoms with Crippen LogP contribution in [0.25, 0.3) is 0 Å². The Labute approximate surface area is 96.7 Å². The monoisotopic (exact) mass is 244 g/mol. The third-order valence-corrected chi connectivity index (χ3v) is 2.45. The van der Waals surface area contributed by atoms with Gasteiger partial charge in [0, 0.05) is 12.4 Å². The third-order valence-electron chi connectivity index (χ3n) is 2.45. The Bertz CT molecular complexity index is 431. The van der Waals surface area contributed by atoms with Gasteiger partial charge in [-0.2, -0.15) is 13.2 Å². The summed E-state index contributed by atoms with van der Waals surface area (Å²) >= 11 is 0. The molecule has 0 aromatic heterocycles. The SMILES string of the molecule is COc1ccccc1N1C=CN(C(F)(F)F)C1. The first-order chi connectivity index (χ1) is 8.02. The second kappa shape index (κ2) is 4.20. The number of para-hydroxylation sites is 2. The lowest BCUT2D eigenvalue weighted by molar-refractivity contribution is -0.224. The number of rotatable bonds is 2. The van der Waals surface area contributed by atoms with Crippen molar-refractivity contribution in [2.24, 2.45) is 0 Å². The molecule has 0 aliphatic carbocycles. The highest BCUT2D eigenvalue weighted by Crippen LogP contribution is 2.33. The van der Waals surface area contributed by atoms with E-state index in [2.05, 4.69) is 0 Å². The number of methoxy groups -OCH3 is 1. The Morgan fingerprint density at radius 3 is 2.47 bits per heavy atom. The first-order valence-electron chi connectivity index (χ1n) is 4.94. The molecule has 0 radical (unpaired) electrons. The molecule has 6 heteroatoms. The van der Waals surface area contributed by atoms with E-state index in [9.17, 15) is 13.2 Å². The molecule has 1 aromatic carbocycles. The van der Waals surface area contributed by atoms with Crippen molar-refractivity contribution in [3.05, 3.63) is 36.7 Å². The van der Waals surface area contributed by atoms with Crippen molar-refractivity contribution in [3.8, 4) is 5.75 Å². The van der Waals surface area contributed by atoms with Crippen LogP contribution in [0.4, 0.5) is 18.9 Å². The van der Waals surface area contributed by atoms with Crippen LogP contribution in [0.1, 0.15) is 0 Å². The molecule has 0 saturated carbocycles. The Hall–Kier alpha value is -1.85. The van der Waals surface area contributed by atoms with Gasteiger partial charge in [0.25, 0.3) is 0 Å². The van der Waals surface area contributed by atoms with Crippen LogP contribution in [-0.2, 0) is 0 Å². The summed E-state index contributed by atoms with van der Waals surface area (Å²) in [7, 11) is 1.49. The molecule has 0 spiro atoms. The number of halogens is 3. The number of ether oxygens (including phenoxy) is 1. The van der Waals surface area contributed by atoms with Crippen LogP contribution in [0.2, 0.25) is 0 Å². The molecule has 92 valence electrons. The van der Waals surface area contributed by atoms with Gasteiger partial charge in [-0.05, 0) is 12.1 Å². The summed E-state index contributed by atoms with van der Waals surface area (Å²) in [5.41, 5.74) is 0.609. The molecule has 0 unspecified atom stereocenters. The van der Waals surface area contributed by atoms with Gasteiger partial charge in [-0.25, -0.2) is 0 Å². The van der Waals surface area contributed by atoms with E-state index in [-0.39, 0.29) is 6.67 Å². The molecule has 0 atom stereocenters. The minimum Gasteiger partial charge on any atom is -0.495 e. The average Bonchev–Trinajstić information content (AvgIpc) is 2.77. The summed E-state index contributed by atoms with van der Waals surface area (Å²) in [6, 6.07) is 6.94. The van der Waals surface area contributed by atoms with Gasteiger partial charge in [-0.15, -0.1) is 0 Å². The standard InChI is InChI=1S/C11H11F3N2O/c1-17-10-5-3-2-4-9(10)15-6-7-16(8-15)11(12,13)14/h2-7H,8H2,1H3.